The van der Waals surface area contributed by atoms with E-state index in [-0.39, 0.29) is 23.1 Å². The molecular weight excluding hydrogens is 349 g/mol. The molecule has 0 aliphatic heterocycles. The van der Waals surface area contributed by atoms with Gasteiger partial charge in [0.1, 0.15) is 11.5 Å². The fourth-order valence-corrected chi connectivity index (χ4v) is 1.85. The van der Waals surface area contributed by atoms with Crippen molar-refractivity contribution in [3.63, 3.8) is 0 Å². The number of halogens is 3. The van der Waals surface area contributed by atoms with Crippen LogP contribution in [0.5, 0.6) is 0 Å². The molecule has 2 N–H and O–H groups in total. The molecular formula is C17H13F3N4O2. The van der Waals surface area contributed by atoms with Gasteiger partial charge in [-0.3, -0.25) is 9.59 Å². The molecule has 0 unspecified atom stereocenters. The average Bonchev–Trinajstić information content (AvgIpc) is 2.53. The fraction of sp³-hybridized carbons (Fsp3) is 0.176. The van der Waals surface area contributed by atoms with Crippen LogP contribution in [0.1, 0.15) is 23.7 Å². The molecule has 2 aromatic rings. The van der Waals surface area contributed by atoms with E-state index in [0.29, 0.717) is 11.1 Å². The number of hydrogen-bond acceptors (Lipinski definition) is 4. The molecule has 0 bridgehead atoms. The van der Waals surface area contributed by atoms with Crippen LogP contribution in [0.15, 0.2) is 30.6 Å². The average molecular weight is 362 g/mol. The lowest BCUT2D eigenvalue weighted by atomic mass is 10.2. The SMILES string of the molecule is CC(=O)Nc1cc(C#Cc2ncc(C)cc2NC(=O)C(F)(F)F)ccn1. The van der Waals surface area contributed by atoms with Gasteiger partial charge in [0.25, 0.3) is 0 Å². The van der Waals surface area contributed by atoms with Gasteiger partial charge in [-0.25, -0.2) is 9.97 Å². The Bertz CT molecular complexity index is 914. The van der Waals surface area contributed by atoms with Gasteiger partial charge in [-0.1, -0.05) is 5.92 Å². The lowest BCUT2D eigenvalue weighted by Gasteiger charge is -2.09. The van der Waals surface area contributed by atoms with Crippen LogP contribution in [-0.4, -0.2) is 28.0 Å². The third kappa shape index (κ3) is 5.31. The first kappa shape index (κ1) is 18.9. The molecule has 134 valence electrons. The Hall–Kier alpha value is -3.41. The zero-order valence-electron chi connectivity index (χ0n) is 13.7. The van der Waals surface area contributed by atoms with Gasteiger partial charge in [0.2, 0.25) is 5.91 Å². The lowest BCUT2D eigenvalue weighted by Crippen LogP contribution is -2.30. The molecule has 6 nitrogen and oxygen atoms in total. The van der Waals surface area contributed by atoms with Crippen molar-refractivity contribution < 1.29 is 22.8 Å². The molecule has 2 amide bonds. The number of rotatable bonds is 2. The summed E-state index contributed by atoms with van der Waals surface area (Å²) in [5.74, 6) is 3.19. The number of nitrogens with zero attached hydrogens (tertiary/aromatic N) is 2. The molecule has 0 spiro atoms. The maximum absolute atomic E-state index is 12.5. The van der Waals surface area contributed by atoms with Crippen molar-refractivity contribution in [3.8, 4) is 11.8 Å². The first-order chi connectivity index (χ1) is 12.1. The first-order valence-electron chi connectivity index (χ1n) is 7.25. The van der Waals surface area contributed by atoms with E-state index < -0.39 is 12.1 Å². The minimum Gasteiger partial charge on any atom is -0.316 e. The molecule has 0 aliphatic carbocycles. The van der Waals surface area contributed by atoms with Gasteiger partial charge in [0.15, 0.2) is 0 Å². The number of hydrogen-bond donors (Lipinski definition) is 2. The summed E-state index contributed by atoms with van der Waals surface area (Å²) in [4.78, 5) is 30.1. The zero-order valence-corrected chi connectivity index (χ0v) is 13.7. The van der Waals surface area contributed by atoms with Crippen molar-refractivity contribution in [2.45, 2.75) is 20.0 Å². The summed E-state index contributed by atoms with van der Waals surface area (Å²) in [7, 11) is 0. The van der Waals surface area contributed by atoms with E-state index in [4.69, 9.17) is 0 Å². The maximum atomic E-state index is 12.5. The van der Waals surface area contributed by atoms with Gasteiger partial charge >= 0.3 is 12.1 Å². The molecule has 0 aromatic carbocycles. The maximum Gasteiger partial charge on any atom is 0.471 e. The Morgan fingerprint density at radius 2 is 1.85 bits per heavy atom. The van der Waals surface area contributed by atoms with Gasteiger partial charge < -0.3 is 10.6 Å². The van der Waals surface area contributed by atoms with Crippen LogP contribution in [0, 0.1) is 18.8 Å². The molecule has 2 aromatic heterocycles. The second kappa shape index (κ2) is 7.65. The standard InChI is InChI=1S/C17H13F3N4O2/c1-10-7-14(24-16(26)17(18,19)20)13(22-9-10)4-3-12-5-6-21-15(8-12)23-11(2)25/h5-9H,1-2H3,(H,24,26)(H,21,23,25). The molecule has 2 rings (SSSR count). The van der Waals surface area contributed by atoms with E-state index in [1.165, 1.54) is 31.5 Å². The predicted molar refractivity (Wildman–Crippen MR) is 88.2 cm³/mol. The minimum absolute atomic E-state index is 0.0221. The van der Waals surface area contributed by atoms with Crippen molar-refractivity contribution in [3.05, 3.63) is 47.4 Å². The van der Waals surface area contributed by atoms with Crippen LogP contribution in [0.3, 0.4) is 0 Å². The molecule has 0 atom stereocenters. The summed E-state index contributed by atoms with van der Waals surface area (Å²) in [6, 6.07) is 4.40. The molecule has 0 aliphatic rings. The number of nitrogens with one attached hydrogen (secondary N) is 2. The third-order valence-corrected chi connectivity index (χ3v) is 2.92. The zero-order chi connectivity index (χ0) is 19.3. The number of alkyl halides is 3. The van der Waals surface area contributed by atoms with Gasteiger partial charge in [-0.05, 0) is 36.6 Å². The van der Waals surface area contributed by atoms with E-state index in [9.17, 15) is 22.8 Å². The van der Waals surface area contributed by atoms with Crippen molar-refractivity contribution in [1.82, 2.24) is 9.97 Å². The van der Waals surface area contributed by atoms with Crippen molar-refractivity contribution in [2.24, 2.45) is 0 Å². The van der Waals surface area contributed by atoms with Crippen molar-refractivity contribution in [2.75, 3.05) is 10.6 Å². The molecule has 0 saturated carbocycles. The van der Waals surface area contributed by atoms with Crippen LogP contribution in [0.4, 0.5) is 24.7 Å². The van der Waals surface area contributed by atoms with Gasteiger partial charge in [0, 0.05) is 24.9 Å². The van der Waals surface area contributed by atoms with Crippen LogP contribution >= 0.6 is 0 Å². The van der Waals surface area contributed by atoms with Crippen LogP contribution in [0.2, 0.25) is 0 Å². The monoisotopic (exact) mass is 362 g/mol. The topological polar surface area (TPSA) is 84.0 Å². The van der Waals surface area contributed by atoms with E-state index in [0.717, 1.165) is 0 Å². The largest absolute Gasteiger partial charge is 0.471 e. The van der Waals surface area contributed by atoms with E-state index >= 15 is 0 Å². The fourth-order valence-electron chi connectivity index (χ4n) is 1.85. The van der Waals surface area contributed by atoms with Crippen LogP contribution in [-0.2, 0) is 9.59 Å². The molecule has 0 saturated heterocycles. The Labute approximate surface area is 146 Å². The molecule has 0 fully saturated rings. The summed E-state index contributed by atoms with van der Waals surface area (Å²) < 4.78 is 37.4. The third-order valence-electron chi connectivity index (χ3n) is 2.92. The number of aromatic nitrogens is 2. The Balaban J connectivity index is 2.32. The summed E-state index contributed by atoms with van der Waals surface area (Å²) in [5, 5.41) is 4.26. The highest BCUT2D eigenvalue weighted by Crippen LogP contribution is 2.20. The van der Waals surface area contributed by atoms with Crippen LogP contribution in [0.25, 0.3) is 0 Å². The van der Waals surface area contributed by atoms with Crippen molar-refractivity contribution >= 4 is 23.3 Å². The Morgan fingerprint density at radius 1 is 1.12 bits per heavy atom. The van der Waals surface area contributed by atoms with Gasteiger partial charge in [-0.2, -0.15) is 13.2 Å². The second-order valence-corrected chi connectivity index (χ2v) is 5.22. The number of amides is 2. The lowest BCUT2D eigenvalue weighted by molar-refractivity contribution is -0.167. The highest BCUT2D eigenvalue weighted by molar-refractivity contribution is 5.95. The number of pyridine rings is 2. The number of aryl methyl sites for hydroxylation is 1. The number of carbonyl (C=O) groups excluding carboxylic acids is 2. The minimum atomic E-state index is -5.02. The predicted octanol–water partition coefficient (Wildman–Crippen LogP) is 2.64. The smallest absolute Gasteiger partial charge is 0.316 e. The highest BCUT2D eigenvalue weighted by atomic mass is 19.4. The van der Waals surface area contributed by atoms with E-state index in [2.05, 4.69) is 27.1 Å². The molecule has 2 heterocycles. The summed E-state index contributed by atoms with van der Waals surface area (Å²) >= 11 is 0. The number of carbonyl (C=O) groups is 2. The highest BCUT2D eigenvalue weighted by Gasteiger charge is 2.39. The van der Waals surface area contributed by atoms with E-state index in [1.807, 2.05) is 0 Å². The molecule has 26 heavy (non-hydrogen) atoms. The molecule has 0 radical (unpaired) electrons. The van der Waals surface area contributed by atoms with Gasteiger partial charge in [-0.15, -0.1) is 0 Å². The quantitative estimate of drug-likeness (QED) is 0.805. The Morgan fingerprint density at radius 3 is 2.50 bits per heavy atom. The first-order valence-corrected chi connectivity index (χ1v) is 7.25. The molecule has 9 heteroatoms. The summed E-state index contributed by atoms with van der Waals surface area (Å²) in [5.41, 5.74) is 0.853. The van der Waals surface area contributed by atoms with Gasteiger partial charge in [0.05, 0.1) is 5.69 Å². The normalized spacial score (nSPS) is 10.5. The second-order valence-electron chi connectivity index (χ2n) is 5.22. The van der Waals surface area contributed by atoms with Crippen molar-refractivity contribution in [1.29, 1.82) is 0 Å². The summed E-state index contributed by atoms with van der Waals surface area (Å²) in [6.07, 6.45) is -2.18. The van der Waals surface area contributed by atoms with Crippen LogP contribution < -0.4 is 10.6 Å². The summed E-state index contributed by atoms with van der Waals surface area (Å²) in [6.45, 7) is 2.95. The van der Waals surface area contributed by atoms with E-state index in [1.54, 1.807) is 18.3 Å². The number of anilines is 2. The Kier molecular flexibility index (Phi) is 5.57.